The van der Waals surface area contributed by atoms with Crippen molar-refractivity contribution in [3.05, 3.63) is 172 Å². The Labute approximate surface area is 316 Å². The first-order valence-corrected chi connectivity index (χ1v) is 17.6. The molecule has 9 nitrogen and oxygen atoms in total. The molecule has 0 spiro atoms. The largest absolute Gasteiger partial charge is 0.508 e. The number of hydrogen-bond acceptors (Lipinski definition) is 6. The molecule has 0 radical (unpaired) electrons. The summed E-state index contributed by atoms with van der Waals surface area (Å²) in [5.41, 5.74) is 14.6. The molecule has 0 saturated heterocycles. The quantitative estimate of drug-likeness (QED) is 0.141. The SMILES string of the molecule is C=C1CC(c2ccc(OCC(N)=O)cc2)c2cnn(-c3ccc(F)cc3F)c2N1.C=C1Cc2c(cnn2-c2ccc(C)c(Cl)c2)C(c2ccc(O)cc2)C1. The number of aryl methyl sites for hydroxylation is 1. The number of amides is 1. The van der Waals surface area contributed by atoms with Gasteiger partial charge in [-0.05, 0) is 85.0 Å². The van der Waals surface area contributed by atoms with E-state index in [4.69, 9.17) is 22.1 Å². The van der Waals surface area contributed by atoms with Gasteiger partial charge in [-0.25, -0.2) is 18.1 Å². The minimum Gasteiger partial charge on any atom is -0.508 e. The van der Waals surface area contributed by atoms with E-state index in [9.17, 15) is 18.7 Å². The fraction of sp³-hybridized carbons (Fsp3) is 0.167. The van der Waals surface area contributed by atoms with Gasteiger partial charge in [0.25, 0.3) is 5.91 Å². The fourth-order valence-electron chi connectivity index (χ4n) is 6.90. The Morgan fingerprint density at radius 1 is 0.926 bits per heavy atom. The molecule has 3 heterocycles. The summed E-state index contributed by atoms with van der Waals surface area (Å²) in [6, 6.07) is 24.1. The topological polar surface area (TPSA) is 120 Å². The maximum atomic E-state index is 14.3. The molecule has 4 aromatic carbocycles. The number of anilines is 1. The summed E-state index contributed by atoms with van der Waals surface area (Å²) >= 11 is 6.30. The summed E-state index contributed by atoms with van der Waals surface area (Å²) in [5.74, 6) is -0.344. The van der Waals surface area contributed by atoms with Crippen LogP contribution in [-0.2, 0) is 11.2 Å². The maximum Gasteiger partial charge on any atom is 0.255 e. The number of nitrogens with zero attached hydrogens (tertiary/aromatic N) is 4. The first-order valence-electron chi connectivity index (χ1n) is 17.2. The molecule has 6 aromatic rings. The molecule has 0 saturated carbocycles. The number of allylic oxidation sites excluding steroid dienone is 2. The number of phenols is 1. The highest BCUT2D eigenvalue weighted by Crippen LogP contribution is 2.42. The Morgan fingerprint density at radius 2 is 1.59 bits per heavy atom. The molecule has 274 valence electrons. The van der Waals surface area contributed by atoms with E-state index in [-0.39, 0.29) is 29.9 Å². The van der Waals surface area contributed by atoms with Crippen LogP contribution in [0.5, 0.6) is 11.5 Å². The molecule has 2 atom stereocenters. The van der Waals surface area contributed by atoms with Crippen LogP contribution < -0.4 is 15.8 Å². The minimum absolute atomic E-state index is 0.0544. The number of benzene rings is 4. The molecule has 2 aromatic heterocycles. The fourth-order valence-corrected chi connectivity index (χ4v) is 7.08. The summed E-state index contributed by atoms with van der Waals surface area (Å²) in [4.78, 5) is 10.8. The monoisotopic (exact) mass is 746 g/mol. The number of halogens is 3. The molecule has 12 heteroatoms. The number of fused-ring (bicyclic) bond motifs is 2. The average Bonchev–Trinajstić information content (AvgIpc) is 3.77. The van der Waals surface area contributed by atoms with Gasteiger partial charge < -0.3 is 20.9 Å². The lowest BCUT2D eigenvalue weighted by molar-refractivity contribution is -0.119. The molecule has 2 aliphatic rings. The van der Waals surface area contributed by atoms with Crippen LogP contribution in [-0.4, -0.2) is 37.2 Å². The van der Waals surface area contributed by atoms with Gasteiger partial charge in [-0.15, -0.1) is 0 Å². The van der Waals surface area contributed by atoms with Crippen molar-refractivity contribution < 1.29 is 23.4 Å². The van der Waals surface area contributed by atoms with Gasteiger partial charge in [-0.2, -0.15) is 10.2 Å². The molecule has 1 amide bonds. The lowest BCUT2D eigenvalue weighted by Gasteiger charge is -2.26. The molecule has 0 fully saturated rings. The first kappa shape index (κ1) is 36.2. The predicted molar refractivity (Wildman–Crippen MR) is 205 cm³/mol. The van der Waals surface area contributed by atoms with Crippen molar-refractivity contribution in [3.63, 3.8) is 0 Å². The van der Waals surface area contributed by atoms with Crippen LogP contribution in [0, 0.1) is 18.6 Å². The molecular formula is C42H37ClF2N6O3. The third-order valence-corrected chi connectivity index (χ3v) is 10.0. The number of nitrogens with two attached hydrogens (primary N) is 1. The number of carbonyl (C=O) groups excluding carboxylic acids is 1. The number of nitrogens with one attached hydrogen (secondary N) is 1. The van der Waals surface area contributed by atoms with Gasteiger partial charge in [-0.3, -0.25) is 4.79 Å². The zero-order chi connectivity index (χ0) is 38.1. The first-order chi connectivity index (χ1) is 25.9. The lowest BCUT2D eigenvalue weighted by Crippen LogP contribution is -2.20. The van der Waals surface area contributed by atoms with Gasteiger partial charge in [0, 0.05) is 46.2 Å². The molecule has 8 rings (SSSR count). The van der Waals surface area contributed by atoms with Crippen LogP contribution in [0.3, 0.4) is 0 Å². The van der Waals surface area contributed by atoms with Crippen LogP contribution in [0.1, 0.15) is 58.2 Å². The highest BCUT2D eigenvalue weighted by atomic mass is 35.5. The standard InChI is InChI=1S/C21H19ClN2O.C21H18F2N4O2/c1-13-9-18(15-4-7-17(25)8-5-15)19-12-23-24(21(19)10-13)16-6-3-14(2)20(22)11-16;1-12-8-16(13-2-5-15(6-3-13)29-11-20(24)28)17-10-25-27(21(17)26-12)19-7-4-14(22)9-18(19)23/h3-8,11-12,18,25H,1,9-10H2,2H3;2-7,9-10,16,26H,1,8,11H2,(H2,24,28). The highest BCUT2D eigenvalue weighted by Gasteiger charge is 2.30. The number of carbonyl (C=O) groups is 1. The van der Waals surface area contributed by atoms with Crippen LogP contribution >= 0.6 is 11.6 Å². The number of hydrogen-bond donors (Lipinski definition) is 3. The predicted octanol–water partition coefficient (Wildman–Crippen LogP) is 8.65. The van der Waals surface area contributed by atoms with Crippen LogP contribution in [0.15, 0.2) is 122 Å². The van der Waals surface area contributed by atoms with Crippen LogP contribution in [0.25, 0.3) is 11.4 Å². The smallest absolute Gasteiger partial charge is 0.255 e. The van der Waals surface area contributed by atoms with E-state index in [0.717, 1.165) is 57.7 Å². The third kappa shape index (κ3) is 7.49. The molecule has 4 N–H and O–H groups in total. The third-order valence-electron chi connectivity index (χ3n) is 9.60. The van der Waals surface area contributed by atoms with Gasteiger partial charge in [0.05, 0.1) is 23.8 Å². The number of aromatic nitrogens is 4. The van der Waals surface area contributed by atoms with Gasteiger partial charge >= 0.3 is 0 Å². The number of rotatable bonds is 7. The van der Waals surface area contributed by atoms with Gasteiger partial charge in [0.1, 0.15) is 28.8 Å². The summed E-state index contributed by atoms with van der Waals surface area (Å²) in [6.07, 6.45) is 5.96. The van der Waals surface area contributed by atoms with Crippen molar-refractivity contribution in [1.29, 1.82) is 0 Å². The zero-order valence-electron chi connectivity index (χ0n) is 29.4. The molecule has 54 heavy (non-hydrogen) atoms. The van der Waals surface area contributed by atoms with Crippen molar-refractivity contribution in [2.75, 3.05) is 11.9 Å². The Kier molecular flexibility index (Phi) is 10.1. The Balaban J connectivity index is 0.000000168. The summed E-state index contributed by atoms with van der Waals surface area (Å²) in [6.45, 7) is 10.1. The second-order valence-corrected chi connectivity index (χ2v) is 13.8. The molecule has 1 aliphatic carbocycles. The van der Waals surface area contributed by atoms with Crippen LogP contribution in [0.2, 0.25) is 5.02 Å². The van der Waals surface area contributed by atoms with E-state index < -0.39 is 17.5 Å². The molecule has 0 bridgehead atoms. The Bertz CT molecular complexity index is 2390. The number of aromatic hydroxyl groups is 1. The molecule has 2 unspecified atom stereocenters. The van der Waals surface area contributed by atoms with E-state index in [1.165, 1.54) is 33.5 Å². The van der Waals surface area contributed by atoms with Gasteiger partial charge in [0.15, 0.2) is 12.4 Å². The summed E-state index contributed by atoms with van der Waals surface area (Å²) in [5, 5.41) is 22.4. The Hall–Kier alpha value is -6.20. The van der Waals surface area contributed by atoms with Crippen LogP contribution in [0.4, 0.5) is 14.6 Å². The van der Waals surface area contributed by atoms with E-state index in [1.807, 2.05) is 60.3 Å². The molecular weight excluding hydrogens is 710 g/mol. The maximum absolute atomic E-state index is 14.3. The number of primary amides is 1. The summed E-state index contributed by atoms with van der Waals surface area (Å²) in [7, 11) is 0. The second kappa shape index (κ2) is 15.0. The number of ether oxygens (including phenoxy) is 1. The summed E-state index contributed by atoms with van der Waals surface area (Å²) < 4.78 is 36.2. The Morgan fingerprint density at radius 3 is 2.28 bits per heavy atom. The van der Waals surface area contributed by atoms with Crippen molar-refractivity contribution in [3.8, 4) is 22.9 Å². The lowest BCUT2D eigenvalue weighted by atomic mass is 9.80. The van der Waals surface area contributed by atoms with Gasteiger partial charge in [0.2, 0.25) is 0 Å². The zero-order valence-corrected chi connectivity index (χ0v) is 30.2. The van der Waals surface area contributed by atoms with E-state index in [2.05, 4.69) is 28.7 Å². The van der Waals surface area contributed by atoms with E-state index >= 15 is 0 Å². The second-order valence-electron chi connectivity index (χ2n) is 13.4. The van der Waals surface area contributed by atoms with E-state index in [1.54, 1.807) is 30.5 Å². The average molecular weight is 747 g/mol. The number of phenolic OH excluding ortho intramolecular Hbond substituents is 1. The van der Waals surface area contributed by atoms with Crippen molar-refractivity contribution in [1.82, 2.24) is 19.6 Å². The highest BCUT2D eigenvalue weighted by molar-refractivity contribution is 6.31. The van der Waals surface area contributed by atoms with E-state index in [0.29, 0.717) is 18.0 Å². The minimum atomic E-state index is -0.707. The van der Waals surface area contributed by atoms with Crippen molar-refractivity contribution in [2.24, 2.45) is 5.73 Å². The van der Waals surface area contributed by atoms with Crippen molar-refractivity contribution in [2.45, 2.75) is 38.0 Å². The molecule has 1 aliphatic heterocycles. The normalized spacial score (nSPS) is 16.1. The van der Waals surface area contributed by atoms with Crippen molar-refractivity contribution >= 4 is 23.3 Å². The van der Waals surface area contributed by atoms with Gasteiger partial charge in [-0.1, -0.05) is 60.7 Å².